The fourth-order valence-electron chi connectivity index (χ4n) is 2.24. The molecule has 0 heterocycles. The van der Waals surface area contributed by atoms with E-state index in [0.29, 0.717) is 18.7 Å². The van der Waals surface area contributed by atoms with Gasteiger partial charge in [0, 0.05) is 36.2 Å². The summed E-state index contributed by atoms with van der Waals surface area (Å²) in [4.78, 5) is 2.49. The molecule has 0 saturated carbocycles. The Bertz CT molecular complexity index is 374. The zero-order chi connectivity index (χ0) is 15.0. The smallest absolute Gasteiger partial charge is 0.120 e. The molecule has 0 amide bonds. The van der Waals surface area contributed by atoms with E-state index < -0.39 is 0 Å². The zero-order valence-corrected chi connectivity index (χ0v) is 14.6. The highest BCUT2D eigenvalue weighted by atomic mass is 79.9. The van der Waals surface area contributed by atoms with Gasteiger partial charge in [-0.15, -0.1) is 0 Å². The molecule has 20 heavy (non-hydrogen) atoms. The Labute approximate surface area is 131 Å². The average molecular weight is 343 g/mol. The van der Waals surface area contributed by atoms with Crippen LogP contribution in [0, 0.1) is 0 Å². The summed E-state index contributed by atoms with van der Waals surface area (Å²) in [5.41, 5.74) is 0. The van der Waals surface area contributed by atoms with Crippen LogP contribution in [0.5, 0.6) is 5.75 Å². The lowest BCUT2D eigenvalue weighted by atomic mass is 10.2. The van der Waals surface area contributed by atoms with Gasteiger partial charge >= 0.3 is 0 Å². The van der Waals surface area contributed by atoms with Crippen LogP contribution in [0.4, 0.5) is 0 Å². The highest BCUT2D eigenvalue weighted by molar-refractivity contribution is 9.10. The molecule has 1 aromatic carbocycles. The van der Waals surface area contributed by atoms with E-state index in [-0.39, 0.29) is 0 Å². The first-order valence-corrected chi connectivity index (χ1v) is 8.15. The third-order valence-electron chi connectivity index (χ3n) is 3.22. The van der Waals surface area contributed by atoms with Crippen LogP contribution in [0.15, 0.2) is 28.7 Å². The molecule has 3 nitrogen and oxygen atoms in total. The summed E-state index contributed by atoms with van der Waals surface area (Å²) in [5, 5.41) is 3.43. The van der Waals surface area contributed by atoms with Gasteiger partial charge in [0.2, 0.25) is 0 Å². The number of ether oxygens (including phenoxy) is 1. The van der Waals surface area contributed by atoms with Crippen molar-refractivity contribution in [2.45, 2.75) is 39.8 Å². The molecule has 0 aliphatic heterocycles. The molecule has 0 atom stereocenters. The topological polar surface area (TPSA) is 24.5 Å². The highest BCUT2D eigenvalue weighted by Crippen LogP contribution is 2.17. The van der Waals surface area contributed by atoms with Gasteiger partial charge in [-0.25, -0.2) is 0 Å². The van der Waals surface area contributed by atoms with Crippen molar-refractivity contribution < 1.29 is 4.74 Å². The molecular formula is C16H27BrN2O. The van der Waals surface area contributed by atoms with E-state index in [1.54, 1.807) is 0 Å². The normalized spacial score (nSPS) is 11.6. The maximum atomic E-state index is 5.68. The zero-order valence-electron chi connectivity index (χ0n) is 13.0. The molecule has 114 valence electrons. The van der Waals surface area contributed by atoms with E-state index in [9.17, 15) is 0 Å². The predicted molar refractivity (Wildman–Crippen MR) is 89.5 cm³/mol. The first-order valence-electron chi connectivity index (χ1n) is 7.35. The molecule has 0 radical (unpaired) electrons. The number of hydrogen-bond acceptors (Lipinski definition) is 3. The highest BCUT2D eigenvalue weighted by Gasteiger charge is 2.11. The quantitative estimate of drug-likeness (QED) is 0.694. The van der Waals surface area contributed by atoms with Gasteiger partial charge in [0.25, 0.3) is 0 Å². The number of halogens is 1. The monoisotopic (exact) mass is 342 g/mol. The Balaban J connectivity index is 2.13. The van der Waals surface area contributed by atoms with Crippen molar-refractivity contribution in [1.29, 1.82) is 0 Å². The van der Waals surface area contributed by atoms with Gasteiger partial charge in [0.1, 0.15) is 12.4 Å². The van der Waals surface area contributed by atoms with Gasteiger partial charge in [-0.1, -0.05) is 22.0 Å². The summed E-state index contributed by atoms with van der Waals surface area (Å²) in [6.45, 7) is 12.6. The Kier molecular flexibility index (Phi) is 8.19. The third-order valence-corrected chi connectivity index (χ3v) is 3.71. The molecule has 1 N–H and O–H groups in total. The maximum Gasteiger partial charge on any atom is 0.120 e. The molecule has 4 heteroatoms. The maximum absolute atomic E-state index is 5.68. The van der Waals surface area contributed by atoms with E-state index in [1.807, 2.05) is 24.3 Å². The summed E-state index contributed by atoms with van der Waals surface area (Å²) in [6, 6.07) is 9.13. The van der Waals surface area contributed by atoms with Crippen molar-refractivity contribution in [3.8, 4) is 5.75 Å². The molecular weight excluding hydrogens is 316 g/mol. The van der Waals surface area contributed by atoms with Crippen molar-refractivity contribution in [2.75, 3.05) is 26.2 Å². The predicted octanol–water partition coefficient (Wildman–Crippen LogP) is 3.54. The molecule has 0 aromatic heterocycles. The van der Waals surface area contributed by atoms with Crippen LogP contribution in [-0.4, -0.2) is 43.2 Å². The molecule has 0 spiro atoms. The molecule has 0 aliphatic carbocycles. The number of nitrogens with one attached hydrogen (secondary N) is 1. The molecule has 0 bridgehead atoms. The van der Waals surface area contributed by atoms with E-state index in [1.165, 1.54) is 0 Å². The van der Waals surface area contributed by atoms with Gasteiger partial charge in [-0.2, -0.15) is 0 Å². The van der Waals surface area contributed by atoms with Gasteiger partial charge < -0.3 is 10.1 Å². The molecule has 1 rings (SSSR count). The summed E-state index contributed by atoms with van der Waals surface area (Å²) in [5.74, 6) is 0.909. The SMILES string of the molecule is CC(C)N(CCNCCOc1cccc(Br)c1)C(C)C. The van der Waals surface area contributed by atoms with Gasteiger partial charge in [-0.3, -0.25) is 4.90 Å². The third kappa shape index (κ3) is 6.73. The van der Waals surface area contributed by atoms with Crippen LogP contribution in [0.2, 0.25) is 0 Å². The molecule has 0 unspecified atom stereocenters. The summed E-state index contributed by atoms with van der Waals surface area (Å²) in [6.07, 6.45) is 0. The second kappa shape index (κ2) is 9.37. The minimum Gasteiger partial charge on any atom is -0.492 e. The van der Waals surface area contributed by atoms with Gasteiger partial charge in [0.05, 0.1) is 0 Å². The Morgan fingerprint density at radius 2 is 1.85 bits per heavy atom. The number of hydrogen-bond donors (Lipinski definition) is 1. The second-order valence-corrected chi connectivity index (χ2v) is 6.40. The number of nitrogens with zero attached hydrogens (tertiary/aromatic N) is 1. The minimum atomic E-state index is 0.592. The van der Waals surface area contributed by atoms with E-state index in [4.69, 9.17) is 4.74 Å². The first-order chi connectivity index (χ1) is 9.50. The van der Waals surface area contributed by atoms with Crippen molar-refractivity contribution in [3.05, 3.63) is 28.7 Å². The molecule has 0 saturated heterocycles. The lowest BCUT2D eigenvalue weighted by Crippen LogP contribution is -2.41. The summed E-state index contributed by atoms with van der Waals surface area (Å²) >= 11 is 3.44. The van der Waals surface area contributed by atoms with E-state index in [0.717, 1.165) is 29.9 Å². The van der Waals surface area contributed by atoms with Crippen molar-refractivity contribution in [2.24, 2.45) is 0 Å². The largest absolute Gasteiger partial charge is 0.492 e. The lowest BCUT2D eigenvalue weighted by molar-refractivity contribution is 0.175. The fraction of sp³-hybridized carbons (Fsp3) is 0.625. The number of rotatable bonds is 9. The first kappa shape index (κ1) is 17.5. The van der Waals surface area contributed by atoms with Gasteiger partial charge in [0.15, 0.2) is 0 Å². The van der Waals surface area contributed by atoms with E-state index >= 15 is 0 Å². The van der Waals surface area contributed by atoms with Crippen LogP contribution in [-0.2, 0) is 0 Å². The van der Waals surface area contributed by atoms with Crippen molar-refractivity contribution in [3.63, 3.8) is 0 Å². The van der Waals surface area contributed by atoms with E-state index in [2.05, 4.69) is 53.8 Å². The fourth-order valence-corrected chi connectivity index (χ4v) is 2.62. The number of benzene rings is 1. The second-order valence-electron chi connectivity index (χ2n) is 5.48. The lowest BCUT2D eigenvalue weighted by Gasteiger charge is -2.30. The minimum absolute atomic E-state index is 0.592. The van der Waals surface area contributed by atoms with Crippen LogP contribution in [0.25, 0.3) is 0 Å². The summed E-state index contributed by atoms with van der Waals surface area (Å²) < 4.78 is 6.73. The van der Waals surface area contributed by atoms with Crippen LogP contribution in [0.3, 0.4) is 0 Å². The molecule has 0 aliphatic rings. The van der Waals surface area contributed by atoms with Gasteiger partial charge in [-0.05, 0) is 45.9 Å². The van der Waals surface area contributed by atoms with Crippen LogP contribution < -0.4 is 10.1 Å². The summed E-state index contributed by atoms with van der Waals surface area (Å²) in [7, 11) is 0. The Morgan fingerprint density at radius 3 is 2.45 bits per heavy atom. The van der Waals surface area contributed by atoms with Crippen molar-refractivity contribution in [1.82, 2.24) is 10.2 Å². The Morgan fingerprint density at radius 1 is 1.15 bits per heavy atom. The van der Waals surface area contributed by atoms with Crippen molar-refractivity contribution >= 4 is 15.9 Å². The molecule has 0 fully saturated rings. The Hall–Kier alpha value is -0.580. The van der Waals surface area contributed by atoms with Crippen LogP contribution in [0.1, 0.15) is 27.7 Å². The molecule has 1 aromatic rings. The standard InChI is InChI=1S/C16H27BrN2O/c1-13(2)19(14(3)4)10-8-18-9-11-20-16-7-5-6-15(17)12-16/h5-7,12-14,18H,8-11H2,1-4H3. The van der Waals surface area contributed by atoms with Crippen LogP contribution >= 0.6 is 15.9 Å². The average Bonchev–Trinajstić information content (AvgIpc) is 2.36.